The van der Waals surface area contributed by atoms with Crippen LogP contribution in [0.1, 0.15) is 56.4 Å². The molecule has 1 aromatic carbocycles. The van der Waals surface area contributed by atoms with Crippen LogP contribution in [0.4, 0.5) is 0 Å². The van der Waals surface area contributed by atoms with Crippen LogP contribution in [-0.4, -0.2) is 37.1 Å². The number of likely N-dealkylation sites (tertiary alicyclic amines) is 1. The van der Waals surface area contributed by atoms with Crippen LogP contribution in [-0.2, 0) is 0 Å². The highest BCUT2D eigenvalue weighted by atomic mass is 15.2. The summed E-state index contributed by atoms with van der Waals surface area (Å²) in [6.45, 7) is 2.62. The van der Waals surface area contributed by atoms with E-state index in [2.05, 4.69) is 47.6 Å². The first-order valence-corrected chi connectivity index (χ1v) is 8.85. The first-order chi connectivity index (χ1) is 10.4. The molecular weight excluding hydrogens is 256 g/mol. The molecule has 1 saturated heterocycles. The lowest BCUT2D eigenvalue weighted by molar-refractivity contribution is 0.119. The van der Waals surface area contributed by atoms with E-state index >= 15 is 0 Å². The van der Waals surface area contributed by atoms with Crippen molar-refractivity contribution in [1.29, 1.82) is 0 Å². The number of nitrogens with one attached hydrogen (secondary N) is 1. The molecule has 1 aliphatic heterocycles. The van der Waals surface area contributed by atoms with Crippen LogP contribution in [0.3, 0.4) is 0 Å². The quantitative estimate of drug-likeness (QED) is 0.909. The van der Waals surface area contributed by atoms with E-state index in [-0.39, 0.29) is 0 Å². The van der Waals surface area contributed by atoms with Gasteiger partial charge in [-0.15, -0.1) is 0 Å². The van der Waals surface area contributed by atoms with Crippen LogP contribution < -0.4 is 5.32 Å². The average Bonchev–Trinajstić information content (AvgIpc) is 2.84. The number of rotatable bonds is 3. The molecule has 1 N–H and O–H groups in total. The molecule has 0 amide bonds. The highest BCUT2D eigenvalue weighted by molar-refractivity contribution is 5.21. The molecule has 1 saturated carbocycles. The number of benzene rings is 1. The summed E-state index contributed by atoms with van der Waals surface area (Å²) in [7, 11) is 2.15. The maximum Gasteiger partial charge on any atom is 0.0255 e. The van der Waals surface area contributed by atoms with E-state index < -0.39 is 0 Å². The van der Waals surface area contributed by atoms with Crippen molar-refractivity contribution in [1.82, 2.24) is 10.2 Å². The van der Waals surface area contributed by atoms with E-state index in [4.69, 9.17) is 0 Å². The third-order valence-electron chi connectivity index (χ3n) is 5.57. The molecule has 0 aromatic heterocycles. The van der Waals surface area contributed by atoms with Crippen LogP contribution >= 0.6 is 0 Å². The summed E-state index contributed by atoms with van der Waals surface area (Å²) in [4.78, 5) is 2.79. The highest BCUT2D eigenvalue weighted by Crippen LogP contribution is 2.35. The van der Waals surface area contributed by atoms with E-state index in [0.717, 1.165) is 12.0 Å². The fourth-order valence-corrected chi connectivity index (χ4v) is 4.34. The minimum Gasteiger partial charge on any atom is -0.315 e. The van der Waals surface area contributed by atoms with Crippen LogP contribution in [0.2, 0.25) is 0 Å². The second kappa shape index (κ2) is 7.42. The molecule has 0 radical (unpaired) electrons. The van der Waals surface area contributed by atoms with Gasteiger partial charge in [-0.3, -0.25) is 4.90 Å². The number of likely N-dealkylation sites (N-methyl/N-ethyl adjacent to an activating group) is 1. The maximum absolute atomic E-state index is 3.60. The summed E-state index contributed by atoms with van der Waals surface area (Å²) in [5.74, 6) is 0.754. The van der Waals surface area contributed by atoms with Gasteiger partial charge in [0.05, 0.1) is 0 Å². The summed E-state index contributed by atoms with van der Waals surface area (Å²) in [5.41, 5.74) is 1.55. The standard InChI is InChI=1S/C19H30N2/c1-20-18-12-11-17(16-9-5-4-6-10-16)15-19(18)21-13-7-2-3-8-14-21/h4-6,9-10,17-20H,2-3,7-8,11-15H2,1H3. The minimum atomic E-state index is 0.683. The van der Waals surface area contributed by atoms with Crippen LogP contribution in [0.5, 0.6) is 0 Å². The van der Waals surface area contributed by atoms with E-state index in [1.165, 1.54) is 58.0 Å². The van der Waals surface area contributed by atoms with Crippen molar-refractivity contribution in [2.75, 3.05) is 20.1 Å². The lowest BCUT2D eigenvalue weighted by Gasteiger charge is -2.42. The van der Waals surface area contributed by atoms with Gasteiger partial charge in [0.1, 0.15) is 0 Å². The molecule has 2 aliphatic rings. The van der Waals surface area contributed by atoms with E-state index in [9.17, 15) is 0 Å². The second-order valence-electron chi connectivity index (χ2n) is 6.83. The third-order valence-corrected chi connectivity index (χ3v) is 5.57. The predicted octanol–water partition coefficient (Wildman–Crippen LogP) is 3.79. The lowest BCUT2D eigenvalue weighted by Crippen LogP contribution is -2.52. The Hall–Kier alpha value is -0.860. The van der Waals surface area contributed by atoms with Gasteiger partial charge in [0.25, 0.3) is 0 Å². The normalized spacial score (nSPS) is 31.8. The Bertz CT molecular complexity index is 409. The predicted molar refractivity (Wildman–Crippen MR) is 89.7 cm³/mol. The second-order valence-corrected chi connectivity index (χ2v) is 6.83. The molecule has 1 aliphatic carbocycles. The van der Waals surface area contributed by atoms with Crippen LogP contribution in [0.25, 0.3) is 0 Å². The van der Waals surface area contributed by atoms with Crippen molar-refractivity contribution < 1.29 is 0 Å². The minimum absolute atomic E-state index is 0.683. The summed E-state index contributed by atoms with van der Waals surface area (Å²) in [6.07, 6.45) is 9.61. The van der Waals surface area contributed by atoms with Gasteiger partial charge >= 0.3 is 0 Å². The molecule has 2 fully saturated rings. The van der Waals surface area contributed by atoms with Crippen molar-refractivity contribution in [3.8, 4) is 0 Å². The van der Waals surface area contributed by atoms with E-state index in [0.29, 0.717) is 6.04 Å². The topological polar surface area (TPSA) is 15.3 Å². The average molecular weight is 286 g/mol. The summed E-state index contributed by atoms with van der Waals surface area (Å²) < 4.78 is 0. The monoisotopic (exact) mass is 286 g/mol. The third kappa shape index (κ3) is 3.67. The van der Waals surface area contributed by atoms with Gasteiger partial charge in [0, 0.05) is 12.1 Å². The zero-order valence-electron chi connectivity index (χ0n) is 13.4. The van der Waals surface area contributed by atoms with E-state index in [1.54, 1.807) is 5.56 Å². The SMILES string of the molecule is CNC1CCC(c2ccccc2)CC1N1CCCCCC1. The Morgan fingerprint density at radius 2 is 1.67 bits per heavy atom. The van der Waals surface area contributed by atoms with Crippen molar-refractivity contribution in [2.45, 2.75) is 62.9 Å². The summed E-state index contributed by atoms with van der Waals surface area (Å²) >= 11 is 0. The molecule has 0 spiro atoms. The zero-order valence-corrected chi connectivity index (χ0v) is 13.4. The van der Waals surface area contributed by atoms with Crippen LogP contribution in [0, 0.1) is 0 Å². The molecule has 21 heavy (non-hydrogen) atoms. The van der Waals surface area contributed by atoms with Crippen molar-refractivity contribution >= 4 is 0 Å². The van der Waals surface area contributed by atoms with Gasteiger partial charge < -0.3 is 5.32 Å². The van der Waals surface area contributed by atoms with Gasteiger partial charge in [-0.2, -0.15) is 0 Å². The Morgan fingerprint density at radius 3 is 2.33 bits per heavy atom. The molecule has 3 rings (SSSR count). The molecule has 1 heterocycles. The van der Waals surface area contributed by atoms with Crippen molar-refractivity contribution in [3.05, 3.63) is 35.9 Å². The molecule has 116 valence electrons. The fourth-order valence-electron chi connectivity index (χ4n) is 4.34. The number of hydrogen-bond acceptors (Lipinski definition) is 2. The van der Waals surface area contributed by atoms with Gasteiger partial charge in [-0.1, -0.05) is 43.2 Å². The molecule has 3 atom stereocenters. The van der Waals surface area contributed by atoms with Gasteiger partial charge in [-0.05, 0) is 63.7 Å². The molecule has 0 bridgehead atoms. The van der Waals surface area contributed by atoms with E-state index in [1.807, 2.05) is 0 Å². The molecule has 3 unspecified atom stereocenters. The molecule has 2 heteroatoms. The van der Waals surface area contributed by atoms with Crippen molar-refractivity contribution in [3.63, 3.8) is 0 Å². The Morgan fingerprint density at radius 1 is 0.952 bits per heavy atom. The lowest BCUT2D eigenvalue weighted by atomic mass is 9.78. The Balaban J connectivity index is 1.72. The zero-order chi connectivity index (χ0) is 14.5. The smallest absolute Gasteiger partial charge is 0.0255 e. The highest BCUT2D eigenvalue weighted by Gasteiger charge is 2.34. The van der Waals surface area contributed by atoms with Crippen LogP contribution in [0.15, 0.2) is 30.3 Å². The first-order valence-electron chi connectivity index (χ1n) is 8.85. The van der Waals surface area contributed by atoms with Gasteiger partial charge in [0.2, 0.25) is 0 Å². The van der Waals surface area contributed by atoms with Gasteiger partial charge in [0.15, 0.2) is 0 Å². The maximum atomic E-state index is 3.60. The fraction of sp³-hybridized carbons (Fsp3) is 0.684. The van der Waals surface area contributed by atoms with Gasteiger partial charge in [-0.25, -0.2) is 0 Å². The number of nitrogens with zero attached hydrogens (tertiary/aromatic N) is 1. The molecule has 1 aromatic rings. The summed E-state index contributed by atoms with van der Waals surface area (Å²) in [5, 5.41) is 3.60. The Labute approximate surface area is 129 Å². The number of hydrogen-bond donors (Lipinski definition) is 1. The summed E-state index contributed by atoms with van der Waals surface area (Å²) in [6, 6.07) is 12.6. The first kappa shape index (κ1) is 15.1. The largest absolute Gasteiger partial charge is 0.315 e. The Kier molecular flexibility index (Phi) is 5.32. The van der Waals surface area contributed by atoms with Crippen molar-refractivity contribution in [2.24, 2.45) is 0 Å². The molecular formula is C19H30N2. The molecule has 2 nitrogen and oxygen atoms in total.